The van der Waals surface area contributed by atoms with Crippen molar-refractivity contribution in [3.05, 3.63) is 63.5 Å². The standard InChI is InChI=1S/C19H16ClN3O3S/c1-11-4-5-12(7-15(11)20)22-18(25)10-27-19-14(9-21)13(8-17(24)23-19)16-3-2-6-26-16/h2-7,13H,8,10H2,1H3,(H,22,25)(H,23,24). The van der Waals surface area contributed by atoms with Gasteiger partial charge < -0.3 is 15.1 Å². The third-order valence-corrected chi connectivity index (χ3v) is 5.47. The maximum absolute atomic E-state index is 12.2. The average Bonchev–Trinajstić information content (AvgIpc) is 3.17. The van der Waals surface area contributed by atoms with Crippen LogP contribution in [0.25, 0.3) is 0 Å². The molecule has 0 aliphatic carbocycles. The Morgan fingerprint density at radius 1 is 1.48 bits per heavy atom. The Kier molecular flexibility index (Phi) is 5.89. The van der Waals surface area contributed by atoms with Crippen LogP contribution in [0.1, 0.15) is 23.7 Å². The van der Waals surface area contributed by atoms with Crippen LogP contribution >= 0.6 is 23.4 Å². The van der Waals surface area contributed by atoms with Gasteiger partial charge in [0.05, 0.1) is 34.6 Å². The second-order valence-electron chi connectivity index (χ2n) is 5.98. The molecule has 2 N–H and O–H groups in total. The normalized spacial score (nSPS) is 16.6. The van der Waals surface area contributed by atoms with Gasteiger partial charge in [0.2, 0.25) is 11.8 Å². The first-order valence-corrected chi connectivity index (χ1v) is 9.50. The van der Waals surface area contributed by atoms with E-state index in [4.69, 9.17) is 16.0 Å². The number of nitriles is 1. The first-order valence-electron chi connectivity index (χ1n) is 8.14. The molecule has 0 radical (unpaired) electrons. The third kappa shape index (κ3) is 4.54. The summed E-state index contributed by atoms with van der Waals surface area (Å²) in [7, 11) is 0. The van der Waals surface area contributed by atoms with Crippen molar-refractivity contribution in [2.45, 2.75) is 19.3 Å². The van der Waals surface area contributed by atoms with Crippen LogP contribution in [-0.2, 0) is 9.59 Å². The lowest BCUT2D eigenvalue weighted by atomic mass is 9.92. The summed E-state index contributed by atoms with van der Waals surface area (Å²) in [6, 6.07) is 10.8. The Morgan fingerprint density at radius 2 is 2.30 bits per heavy atom. The van der Waals surface area contributed by atoms with Crippen molar-refractivity contribution in [1.82, 2.24) is 5.32 Å². The minimum atomic E-state index is -0.444. The zero-order valence-corrected chi connectivity index (χ0v) is 16.0. The molecule has 138 valence electrons. The van der Waals surface area contributed by atoms with E-state index in [9.17, 15) is 14.9 Å². The van der Waals surface area contributed by atoms with Crippen molar-refractivity contribution in [2.24, 2.45) is 0 Å². The van der Waals surface area contributed by atoms with Crippen LogP contribution in [0.15, 0.2) is 51.6 Å². The lowest BCUT2D eigenvalue weighted by Crippen LogP contribution is -2.31. The topological polar surface area (TPSA) is 95.1 Å². The van der Waals surface area contributed by atoms with E-state index in [2.05, 4.69) is 16.7 Å². The summed E-state index contributed by atoms with van der Waals surface area (Å²) in [5, 5.41) is 15.9. The van der Waals surface area contributed by atoms with E-state index in [0.29, 0.717) is 27.1 Å². The molecule has 2 aromatic rings. The molecule has 2 heterocycles. The Labute approximate surface area is 165 Å². The average molecular weight is 402 g/mol. The predicted molar refractivity (Wildman–Crippen MR) is 104 cm³/mol. The SMILES string of the molecule is Cc1ccc(NC(=O)CSC2=C(C#N)C(c3ccco3)CC(=O)N2)cc1Cl. The molecular weight excluding hydrogens is 386 g/mol. The number of halogens is 1. The van der Waals surface area contributed by atoms with E-state index < -0.39 is 5.92 Å². The van der Waals surface area contributed by atoms with Gasteiger partial charge in [-0.05, 0) is 36.8 Å². The Balaban J connectivity index is 1.71. The molecule has 0 fully saturated rings. The second-order valence-corrected chi connectivity index (χ2v) is 7.37. The Hall–Kier alpha value is -2.69. The number of thioether (sulfide) groups is 1. The van der Waals surface area contributed by atoms with Crippen molar-refractivity contribution in [2.75, 3.05) is 11.1 Å². The number of hydrogen-bond donors (Lipinski definition) is 2. The van der Waals surface area contributed by atoms with Crippen molar-refractivity contribution < 1.29 is 14.0 Å². The molecule has 1 aliphatic heterocycles. The molecule has 1 aromatic carbocycles. The molecule has 1 atom stereocenters. The van der Waals surface area contributed by atoms with Crippen LogP contribution in [-0.4, -0.2) is 17.6 Å². The van der Waals surface area contributed by atoms with Gasteiger partial charge in [-0.25, -0.2) is 0 Å². The first kappa shape index (κ1) is 19.1. The lowest BCUT2D eigenvalue weighted by Gasteiger charge is -2.23. The van der Waals surface area contributed by atoms with Crippen molar-refractivity contribution in [3.8, 4) is 6.07 Å². The van der Waals surface area contributed by atoms with Crippen LogP contribution < -0.4 is 10.6 Å². The van der Waals surface area contributed by atoms with Gasteiger partial charge in [0.1, 0.15) is 5.76 Å². The number of nitrogens with one attached hydrogen (secondary N) is 2. The van der Waals surface area contributed by atoms with E-state index in [1.54, 1.807) is 24.3 Å². The number of amides is 2. The molecule has 3 rings (SSSR count). The fraction of sp³-hybridized carbons (Fsp3) is 0.211. The van der Waals surface area contributed by atoms with Gasteiger partial charge in [0.15, 0.2) is 0 Å². The van der Waals surface area contributed by atoms with Crippen LogP contribution in [0.4, 0.5) is 5.69 Å². The molecule has 1 aromatic heterocycles. The van der Waals surface area contributed by atoms with E-state index in [0.717, 1.165) is 17.3 Å². The molecule has 0 spiro atoms. The van der Waals surface area contributed by atoms with Gasteiger partial charge in [-0.2, -0.15) is 5.26 Å². The summed E-state index contributed by atoms with van der Waals surface area (Å²) >= 11 is 7.17. The summed E-state index contributed by atoms with van der Waals surface area (Å²) in [6.07, 6.45) is 1.64. The molecule has 0 saturated carbocycles. The van der Waals surface area contributed by atoms with Gasteiger partial charge in [-0.1, -0.05) is 29.4 Å². The molecule has 0 bridgehead atoms. The summed E-state index contributed by atoms with van der Waals surface area (Å²) in [5.74, 6) is -0.335. The number of allylic oxidation sites excluding steroid dienone is 1. The Bertz CT molecular complexity index is 948. The number of carbonyl (C=O) groups excluding carboxylic acids is 2. The molecular formula is C19H16ClN3O3S. The molecule has 0 saturated heterocycles. The Morgan fingerprint density at radius 3 is 2.96 bits per heavy atom. The predicted octanol–water partition coefficient (Wildman–Crippen LogP) is 3.95. The minimum absolute atomic E-state index is 0.0389. The highest BCUT2D eigenvalue weighted by molar-refractivity contribution is 8.03. The number of benzene rings is 1. The second kappa shape index (κ2) is 8.33. The number of carbonyl (C=O) groups is 2. The highest BCUT2D eigenvalue weighted by Crippen LogP contribution is 2.36. The monoisotopic (exact) mass is 401 g/mol. The van der Waals surface area contributed by atoms with Gasteiger partial charge in [-0.3, -0.25) is 9.59 Å². The minimum Gasteiger partial charge on any atom is -0.469 e. The van der Waals surface area contributed by atoms with Gasteiger partial charge in [0, 0.05) is 17.1 Å². The summed E-state index contributed by atoms with van der Waals surface area (Å²) in [5.41, 5.74) is 1.90. The first-order chi connectivity index (χ1) is 13.0. The fourth-order valence-electron chi connectivity index (χ4n) is 2.67. The number of rotatable bonds is 5. The molecule has 1 unspecified atom stereocenters. The smallest absolute Gasteiger partial charge is 0.234 e. The molecule has 27 heavy (non-hydrogen) atoms. The van der Waals surface area contributed by atoms with Crippen LogP contribution in [0.2, 0.25) is 5.02 Å². The fourth-order valence-corrected chi connectivity index (χ4v) is 3.73. The highest BCUT2D eigenvalue weighted by Gasteiger charge is 2.31. The number of anilines is 1. The number of aryl methyl sites for hydroxylation is 1. The highest BCUT2D eigenvalue weighted by atomic mass is 35.5. The summed E-state index contributed by atoms with van der Waals surface area (Å²) in [6.45, 7) is 1.88. The van der Waals surface area contributed by atoms with Crippen molar-refractivity contribution in [1.29, 1.82) is 5.26 Å². The van der Waals surface area contributed by atoms with Crippen molar-refractivity contribution >= 4 is 40.9 Å². The molecule has 6 nitrogen and oxygen atoms in total. The van der Waals surface area contributed by atoms with Crippen LogP contribution in [0.5, 0.6) is 0 Å². The number of nitrogens with zero attached hydrogens (tertiary/aromatic N) is 1. The van der Waals surface area contributed by atoms with E-state index >= 15 is 0 Å². The summed E-state index contributed by atoms with van der Waals surface area (Å²) in [4.78, 5) is 24.2. The number of furan rings is 1. The molecule has 1 aliphatic rings. The summed E-state index contributed by atoms with van der Waals surface area (Å²) < 4.78 is 5.36. The van der Waals surface area contributed by atoms with E-state index in [1.807, 2.05) is 13.0 Å². The van der Waals surface area contributed by atoms with Gasteiger partial charge in [-0.15, -0.1) is 0 Å². The molecule has 8 heteroatoms. The molecule has 2 amide bonds. The quantitative estimate of drug-likeness (QED) is 0.790. The van der Waals surface area contributed by atoms with Gasteiger partial charge >= 0.3 is 0 Å². The zero-order valence-electron chi connectivity index (χ0n) is 14.4. The number of hydrogen-bond acceptors (Lipinski definition) is 5. The third-order valence-electron chi connectivity index (χ3n) is 4.05. The van der Waals surface area contributed by atoms with E-state index in [1.165, 1.54) is 6.26 Å². The maximum atomic E-state index is 12.2. The van der Waals surface area contributed by atoms with Gasteiger partial charge in [0.25, 0.3) is 0 Å². The van der Waals surface area contributed by atoms with Crippen LogP contribution in [0.3, 0.4) is 0 Å². The lowest BCUT2D eigenvalue weighted by molar-refractivity contribution is -0.121. The maximum Gasteiger partial charge on any atom is 0.234 e. The largest absolute Gasteiger partial charge is 0.469 e. The zero-order chi connectivity index (χ0) is 19.4. The van der Waals surface area contributed by atoms with E-state index in [-0.39, 0.29) is 24.0 Å². The van der Waals surface area contributed by atoms with Crippen LogP contribution in [0, 0.1) is 18.3 Å². The van der Waals surface area contributed by atoms with Crippen molar-refractivity contribution in [3.63, 3.8) is 0 Å².